The maximum atomic E-state index is 12.5. The minimum atomic E-state index is -0.850. The van der Waals surface area contributed by atoms with Crippen LogP contribution in [0.2, 0.25) is 0 Å². The highest BCUT2D eigenvalue weighted by Gasteiger charge is 2.42. The van der Waals surface area contributed by atoms with Gasteiger partial charge in [0, 0.05) is 24.8 Å². The molecule has 1 fully saturated rings. The number of benzene rings is 1. The molecule has 23 heavy (non-hydrogen) atoms. The Kier molecular flexibility index (Phi) is 3.67. The van der Waals surface area contributed by atoms with E-state index >= 15 is 0 Å². The van der Waals surface area contributed by atoms with Crippen molar-refractivity contribution in [3.63, 3.8) is 0 Å². The number of aromatic nitrogens is 2. The van der Waals surface area contributed by atoms with E-state index in [1.54, 1.807) is 34.8 Å². The summed E-state index contributed by atoms with van der Waals surface area (Å²) in [6.45, 7) is 4.38. The molecule has 1 saturated heterocycles. The van der Waals surface area contributed by atoms with Gasteiger partial charge in [-0.25, -0.2) is 4.68 Å². The molecule has 1 aliphatic heterocycles. The van der Waals surface area contributed by atoms with Gasteiger partial charge in [-0.15, -0.1) is 0 Å². The quantitative estimate of drug-likeness (QED) is 0.942. The molecule has 6 heteroatoms. The fraction of sp³-hybridized carbons (Fsp3) is 0.353. The van der Waals surface area contributed by atoms with Crippen LogP contribution in [-0.4, -0.2) is 44.8 Å². The number of hydrogen-bond acceptors (Lipinski definition) is 3. The summed E-state index contributed by atoms with van der Waals surface area (Å²) in [5.41, 5.74) is 1.66. The molecule has 1 atom stereocenters. The number of aryl methyl sites for hydroxylation is 1. The first-order valence-corrected chi connectivity index (χ1v) is 7.53. The van der Waals surface area contributed by atoms with Crippen LogP contribution in [0, 0.1) is 12.3 Å². The summed E-state index contributed by atoms with van der Waals surface area (Å²) >= 11 is 0. The molecule has 0 radical (unpaired) electrons. The number of aliphatic carboxylic acids is 1. The van der Waals surface area contributed by atoms with E-state index < -0.39 is 11.4 Å². The van der Waals surface area contributed by atoms with E-state index in [1.807, 2.05) is 25.3 Å². The Morgan fingerprint density at radius 3 is 2.48 bits per heavy atom. The van der Waals surface area contributed by atoms with Gasteiger partial charge in [-0.3, -0.25) is 9.59 Å². The SMILES string of the molecule is Cc1cnn(-c2ccc(C(=O)N3CC[C@](C)(C(=O)O)C3)cc2)c1. The third-order valence-electron chi connectivity index (χ3n) is 4.37. The van der Waals surface area contributed by atoms with Gasteiger partial charge in [0.25, 0.3) is 5.91 Å². The highest BCUT2D eigenvalue weighted by molar-refractivity contribution is 5.95. The Morgan fingerprint density at radius 1 is 1.26 bits per heavy atom. The normalized spacial score (nSPS) is 20.7. The van der Waals surface area contributed by atoms with Crippen LogP contribution in [0.15, 0.2) is 36.7 Å². The van der Waals surface area contributed by atoms with Crippen molar-refractivity contribution in [2.45, 2.75) is 20.3 Å². The lowest BCUT2D eigenvalue weighted by Gasteiger charge is -2.20. The Bertz CT molecular complexity index is 751. The number of likely N-dealkylation sites (tertiary alicyclic amines) is 1. The number of carbonyl (C=O) groups is 2. The zero-order chi connectivity index (χ0) is 16.6. The molecule has 1 N–H and O–H groups in total. The number of carboxylic acid groups (broad SMARTS) is 1. The first-order chi connectivity index (χ1) is 10.9. The number of nitrogens with zero attached hydrogens (tertiary/aromatic N) is 3. The maximum Gasteiger partial charge on any atom is 0.311 e. The van der Waals surface area contributed by atoms with E-state index in [2.05, 4.69) is 5.10 Å². The van der Waals surface area contributed by atoms with Crippen LogP contribution < -0.4 is 0 Å². The van der Waals surface area contributed by atoms with Crippen LogP contribution in [0.25, 0.3) is 5.69 Å². The zero-order valence-electron chi connectivity index (χ0n) is 13.2. The average Bonchev–Trinajstić information content (AvgIpc) is 3.14. The number of hydrogen-bond donors (Lipinski definition) is 1. The van der Waals surface area contributed by atoms with Gasteiger partial charge < -0.3 is 10.0 Å². The molecule has 2 aromatic rings. The van der Waals surface area contributed by atoms with Gasteiger partial charge in [0.2, 0.25) is 0 Å². The van der Waals surface area contributed by atoms with Crippen molar-refractivity contribution < 1.29 is 14.7 Å². The van der Waals surface area contributed by atoms with Gasteiger partial charge in [-0.2, -0.15) is 5.10 Å². The molecule has 1 aromatic heterocycles. The maximum absolute atomic E-state index is 12.5. The average molecular weight is 313 g/mol. The van der Waals surface area contributed by atoms with Gasteiger partial charge in [-0.1, -0.05) is 0 Å². The topological polar surface area (TPSA) is 75.4 Å². The summed E-state index contributed by atoms with van der Waals surface area (Å²) in [5.74, 6) is -0.977. The second kappa shape index (κ2) is 5.53. The Balaban J connectivity index is 1.75. The van der Waals surface area contributed by atoms with E-state index in [1.165, 1.54) is 0 Å². The number of carboxylic acids is 1. The molecule has 120 valence electrons. The third-order valence-corrected chi connectivity index (χ3v) is 4.37. The molecular weight excluding hydrogens is 294 g/mol. The van der Waals surface area contributed by atoms with E-state index in [0.717, 1.165) is 11.3 Å². The monoisotopic (exact) mass is 313 g/mol. The molecule has 1 aliphatic rings. The van der Waals surface area contributed by atoms with Crippen molar-refractivity contribution in [3.8, 4) is 5.69 Å². The molecule has 1 aromatic carbocycles. The van der Waals surface area contributed by atoms with Crippen LogP contribution in [-0.2, 0) is 4.79 Å². The number of amides is 1. The highest BCUT2D eigenvalue weighted by Crippen LogP contribution is 2.31. The van der Waals surface area contributed by atoms with Gasteiger partial charge in [-0.05, 0) is 50.1 Å². The molecule has 0 saturated carbocycles. The summed E-state index contributed by atoms with van der Waals surface area (Å²) < 4.78 is 1.75. The predicted molar refractivity (Wildman–Crippen MR) is 84.6 cm³/mol. The van der Waals surface area contributed by atoms with E-state index in [-0.39, 0.29) is 12.5 Å². The van der Waals surface area contributed by atoms with Crippen molar-refractivity contribution >= 4 is 11.9 Å². The molecule has 3 rings (SSSR count). The third kappa shape index (κ3) is 2.84. The molecule has 0 unspecified atom stereocenters. The molecule has 0 bridgehead atoms. The van der Waals surface area contributed by atoms with Gasteiger partial charge in [0.05, 0.1) is 17.3 Å². The lowest BCUT2D eigenvalue weighted by Crippen LogP contribution is -2.34. The highest BCUT2D eigenvalue weighted by atomic mass is 16.4. The molecule has 2 heterocycles. The summed E-state index contributed by atoms with van der Waals surface area (Å²) in [4.78, 5) is 25.4. The van der Waals surface area contributed by atoms with Gasteiger partial charge in [0.15, 0.2) is 0 Å². The summed E-state index contributed by atoms with van der Waals surface area (Å²) in [5, 5.41) is 13.5. The summed E-state index contributed by atoms with van der Waals surface area (Å²) in [6.07, 6.45) is 4.17. The van der Waals surface area contributed by atoms with Crippen molar-refractivity contribution in [1.29, 1.82) is 0 Å². The second-order valence-electron chi connectivity index (χ2n) is 6.35. The Morgan fingerprint density at radius 2 is 1.96 bits per heavy atom. The molecular formula is C17H19N3O3. The van der Waals surface area contributed by atoms with Crippen LogP contribution in [0.4, 0.5) is 0 Å². The van der Waals surface area contributed by atoms with E-state index in [9.17, 15) is 14.7 Å². The van der Waals surface area contributed by atoms with Crippen LogP contribution in [0.5, 0.6) is 0 Å². The zero-order valence-corrected chi connectivity index (χ0v) is 13.2. The second-order valence-corrected chi connectivity index (χ2v) is 6.35. The standard InChI is InChI=1S/C17H19N3O3/c1-12-9-18-20(10-12)14-5-3-13(4-6-14)15(21)19-8-7-17(2,11-19)16(22)23/h3-6,9-10H,7-8,11H2,1-2H3,(H,22,23)/t17-/m0/s1. The van der Waals surface area contributed by atoms with Crippen LogP contribution >= 0.6 is 0 Å². The first-order valence-electron chi connectivity index (χ1n) is 7.53. The van der Waals surface area contributed by atoms with Crippen molar-refractivity contribution in [2.24, 2.45) is 5.41 Å². The van der Waals surface area contributed by atoms with Crippen LogP contribution in [0.1, 0.15) is 29.3 Å². The largest absolute Gasteiger partial charge is 0.481 e. The lowest BCUT2D eigenvalue weighted by molar-refractivity contribution is -0.147. The fourth-order valence-corrected chi connectivity index (χ4v) is 2.80. The Labute approximate surface area is 134 Å². The summed E-state index contributed by atoms with van der Waals surface area (Å²) in [7, 11) is 0. The van der Waals surface area contributed by atoms with E-state index in [4.69, 9.17) is 0 Å². The van der Waals surface area contributed by atoms with Crippen molar-refractivity contribution in [1.82, 2.24) is 14.7 Å². The molecule has 0 spiro atoms. The number of rotatable bonds is 3. The minimum Gasteiger partial charge on any atom is -0.481 e. The van der Waals surface area contributed by atoms with Crippen molar-refractivity contribution in [3.05, 3.63) is 47.8 Å². The summed E-state index contributed by atoms with van der Waals surface area (Å²) in [6, 6.07) is 7.19. The Hall–Kier alpha value is -2.63. The molecule has 6 nitrogen and oxygen atoms in total. The van der Waals surface area contributed by atoms with Gasteiger partial charge >= 0.3 is 5.97 Å². The van der Waals surface area contributed by atoms with E-state index in [0.29, 0.717) is 18.5 Å². The molecule has 0 aliphatic carbocycles. The molecule has 1 amide bonds. The minimum absolute atomic E-state index is 0.127. The van der Waals surface area contributed by atoms with Gasteiger partial charge in [0.1, 0.15) is 0 Å². The number of carbonyl (C=O) groups excluding carboxylic acids is 1. The lowest BCUT2D eigenvalue weighted by atomic mass is 9.90. The smallest absolute Gasteiger partial charge is 0.311 e. The first kappa shape index (κ1) is 15.3. The van der Waals surface area contributed by atoms with Crippen LogP contribution in [0.3, 0.4) is 0 Å². The predicted octanol–water partition coefficient (Wildman–Crippen LogP) is 2.12. The fourth-order valence-electron chi connectivity index (χ4n) is 2.80. The van der Waals surface area contributed by atoms with Crippen molar-refractivity contribution in [2.75, 3.05) is 13.1 Å².